The maximum atomic E-state index is 12.4. The minimum atomic E-state index is -0.363. The van der Waals surface area contributed by atoms with Gasteiger partial charge in [-0.2, -0.15) is 0 Å². The highest BCUT2D eigenvalue weighted by molar-refractivity contribution is 8.00. The smallest absolute Gasteiger partial charge is 0.341 e. The minimum absolute atomic E-state index is 0.106. The molecule has 0 bridgehead atoms. The summed E-state index contributed by atoms with van der Waals surface area (Å²) in [7, 11) is 1.39. The third-order valence-corrected chi connectivity index (χ3v) is 6.75. The van der Waals surface area contributed by atoms with Crippen LogP contribution in [0.25, 0.3) is 0 Å². The number of amides is 1. The molecule has 1 aromatic heterocycles. The van der Waals surface area contributed by atoms with Gasteiger partial charge in [0.25, 0.3) is 0 Å². The van der Waals surface area contributed by atoms with Crippen LogP contribution in [0.1, 0.15) is 34.1 Å². The highest BCUT2D eigenvalue weighted by atomic mass is 32.2. The molecule has 5 nitrogen and oxygen atoms in total. The van der Waals surface area contributed by atoms with Crippen molar-refractivity contribution in [1.29, 1.82) is 0 Å². The van der Waals surface area contributed by atoms with E-state index in [9.17, 15) is 9.59 Å². The number of thiophene rings is 1. The van der Waals surface area contributed by atoms with Gasteiger partial charge in [-0.05, 0) is 24.1 Å². The van der Waals surface area contributed by atoms with Gasteiger partial charge in [-0.3, -0.25) is 4.79 Å². The van der Waals surface area contributed by atoms with Crippen molar-refractivity contribution in [3.63, 3.8) is 0 Å². The van der Waals surface area contributed by atoms with E-state index in [1.54, 1.807) is 0 Å². The summed E-state index contributed by atoms with van der Waals surface area (Å²) in [5.41, 5.74) is 1.60. The molecule has 0 saturated heterocycles. The number of thioether (sulfide) groups is 1. The number of carbonyl (C=O) groups is 2. The molecule has 144 valence electrons. The number of esters is 1. The average Bonchev–Trinajstić information content (AvgIpc) is 3.03. The largest absolute Gasteiger partial charge is 0.465 e. The van der Waals surface area contributed by atoms with E-state index >= 15 is 0 Å². The highest BCUT2D eigenvalue weighted by Gasteiger charge is 2.30. The molecule has 1 unspecified atom stereocenters. The van der Waals surface area contributed by atoms with Gasteiger partial charge in [0.15, 0.2) is 0 Å². The van der Waals surface area contributed by atoms with Gasteiger partial charge in [0, 0.05) is 11.3 Å². The molecule has 0 spiro atoms. The van der Waals surface area contributed by atoms with Gasteiger partial charge in [-0.25, -0.2) is 4.79 Å². The lowest BCUT2D eigenvalue weighted by Gasteiger charge is -2.23. The fourth-order valence-electron chi connectivity index (χ4n) is 3.34. The number of methoxy groups -OCH3 is 1. The molecule has 2 N–H and O–H groups in total. The van der Waals surface area contributed by atoms with Gasteiger partial charge < -0.3 is 15.0 Å². The number of carbonyl (C=O) groups excluding carboxylic acids is 2. The first-order valence-corrected chi connectivity index (χ1v) is 11.0. The highest BCUT2D eigenvalue weighted by Crippen LogP contribution is 2.35. The van der Waals surface area contributed by atoms with E-state index < -0.39 is 0 Å². The molecule has 1 aromatic carbocycles. The van der Waals surface area contributed by atoms with Crippen LogP contribution < -0.4 is 10.2 Å². The zero-order valence-corrected chi connectivity index (χ0v) is 17.3. The first-order valence-electron chi connectivity index (χ1n) is 9.16. The number of anilines is 1. The zero-order valence-electron chi connectivity index (χ0n) is 15.7. The molecular formula is C20H25N2O3S2+. The Bertz CT molecular complexity index is 805. The van der Waals surface area contributed by atoms with Crippen LogP contribution in [0.15, 0.2) is 35.2 Å². The second-order valence-electron chi connectivity index (χ2n) is 6.53. The van der Waals surface area contributed by atoms with Crippen molar-refractivity contribution < 1.29 is 19.2 Å². The molecule has 0 radical (unpaired) electrons. The fraction of sp³-hybridized carbons (Fsp3) is 0.400. The van der Waals surface area contributed by atoms with Crippen LogP contribution in [0.3, 0.4) is 0 Å². The van der Waals surface area contributed by atoms with Crippen LogP contribution in [0.4, 0.5) is 5.00 Å². The van der Waals surface area contributed by atoms with E-state index in [2.05, 4.69) is 12.2 Å². The normalized spacial score (nSPS) is 15.9. The number of ether oxygens (including phenoxy) is 1. The van der Waals surface area contributed by atoms with Crippen LogP contribution >= 0.6 is 23.1 Å². The topological polar surface area (TPSA) is 59.8 Å². The Labute approximate surface area is 168 Å². The summed E-state index contributed by atoms with van der Waals surface area (Å²) in [5, 5.41) is 3.58. The molecule has 7 heteroatoms. The Hall–Kier alpha value is -1.83. The van der Waals surface area contributed by atoms with E-state index in [1.807, 2.05) is 30.3 Å². The molecule has 2 heterocycles. The van der Waals surface area contributed by atoms with Gasteiger partial charge in [-0.15, -0.1) is 23.1 Å². The molecule has 0 fully saturated rings. The van der Waals surface area contributed by atoms with Gasteiger partial charge in [0.2, 0.25) is 5.91 Å². The summed E-state index contributed by atoms with van der Waals surface area (Å²) < 4.78 is 4.99. The van der Waals surface area contributed by atoms with Crippen LogP contribution in [0.2, 0.25) is 0 Å². The summed E-state index contributed by atoms with van der Waals surface area (Å²) in [4.78, 5) is 28.6. The summed E-state index contributed by atoms with van der Waals surface area (Å²) >= 11 is 3.00. The molecule has 1 amide bonds. The molecule has 0 saturated carbocycles. The van der Waals surface area contributed by atoms with Crippen LogP contribution in [-0.4, -0.2) is 37.8 Å². The lowest BCUT2D eigenvalue weighted by atomic mass is 10.0. The summed E-state index contributed by atoms with van der Waals surface area (Å²) in [6.07, 6.45) is 1.99. The van der Waals surface area contributed by atoms with E-state index in [4.69, 9.17) is 4.74 Å². The number of hydrogen-bond acceptors (Lipinski definition) is 5. The van der Waals surface area contributed by atoms with Gasteiger partial charge >= 0.3 is 5.97 Å². The molecule has 1 atom stereocenters. The molecule has 0 aliphatic carbocycles. The third-order valence-electron chi connectivity index (χ3n) is 4.59. The standard InChI is InChI=1S/C20H24N2O3S2/c1-3-10-22-11-9-15-16(12-22)27-19(18(15)20(24)25-2)21-17(23)13-26-14-7-5-4-6-8-14/h4-8H,3,9-13H2,1-2H3,(H,21,23)/p+1. The van der Waals surface area contributed by atoms with Crippen molar-refractivity contribution in [3.05, 3.63) is 46.3 Å². The maximum Gasteiger partial charge on any atom is 0.341 e. The number of benzene rings is 1. The number of hydrogen-bond donors (Lipinski definition) is 2. The molecule has 27 heavy (non-hydrogen) atoms. The van der Waals surface area contributed by atoms with Crippen molar-refractivity contribution in [2.24, 2.45) is 0 Å². The first-order chi connectivity index (χ1) is 13.1. The fourth-order valence-corrected chi connectivity index (χ4v) is 5.38. The Kier molecular flexibility index (Phi) is 6.93. The quantitative estimate of drug-likeness (QED) is 0.549. The Morgan fingerprint density at radius 2 is 2.07 bits per heavy atom. The molecule has 3 rings (SSSR count). The van der Waals surface area contributed by atoms with E-state index in [-0.39, 0.29) is 11.9 Å². The van der Waals surface area contributed by atoms with Crippen molar-refractivity contribution in [3.8, 4) is 0 Å². The average molecular weight is 406 g/mol. The van der Waals surface area contributed by atoms with E-state index in [0.29, 0.717) is 16.3 Å². The Morgan fingerprint density at radius 1 is 1.30 bits per heavy atom. The number of quaternary nitrogens is 1. The predicted molar refractivity (Wildman–Crippen MR) is 110 cm³/mol. The number of fused-ring (bicyclic) bond motifs is 1. The second kappa shape index (κ2) is 9.39. The first kappa shape index (κ1) is 19.9. The molecule has 1 aliphatic heterocycles. The second-order valence-corrected chi connectivity index (χ2v) is 8.68. The lowest BCUT2D eigenvalue weighted by Crippen LogP contribution is -3.11. The summed E-state index contributed by atoms with van der Waals surface area (Å²) in [6, 6.07) is 9.81. The molecule has 2 aromatic rings. The Balaban J connectivity index is 1.74. The van der Waals surface area contributed by atoms with Crippen molar-refractivity contribution >= 4 is 40.0 Å². The van der Waals surface area contributed by atoms with Crippen molar-refractivity contribution in [1.82, 2.24) is 0 Å². The van der Waals surface area contributed by atoms with Crippen LogP contribution in [-0.2, 0) is 22.5 Å². The van der Waals surface area contributed by atoms with Crippen molar-refractivity contribution in [2.75, 3.05) is 31.3 Å². The Morgan fingerprint density at radius 3 is 2.78 bits per heavy atom. The van der Waals surface area contributed by atoms with Gasteiger partial charge in [-0.1, -0.05) is 25.1 Å². The zero-order chi connectivity index (χ0) is 19.2. The molecule has 1 aliphatic rings. The number of rotatable bonds is 7. The summed E-state index contributed by atoms with van der Waals surface area (Å²) in [6.45, 7) is 5.23. The monoisotopic (exact) mass is 405 g/mol. The van der Waals surface area contributed by atoms with Crippen LogP contribution in [0.5, 0.6) is 0 Å². The minimum Gasteiger partial charge on any atom is -0.465 e. The molecular weight excluding hydrogens is 380 g/mol. The third kappa shape index (κ3) is 4.91. The SMILES string of the molecule is CCC[NH+]1CCc2c(sc(NC(=O)CSc3ccccc3)c2C(=O)OC)C1. The van der Waals surface area contributed by atoms with Gasteiger partial charge in [0.05, 0.1) is 36.4 Å². The van der Waals surface area contributed by atoms with E-state index in [1.165, 1.54) is 40.0 Å². The maximum absolute atomic E-state index is 12.4. The van der Waals surface area contributed by atoms with Gasteiger partial charge in [0.1, 0.15) is 11.5 Å². The predicted octanol–water partition coefficient (Wildman–Crippen LogP) is 2.62. The van der Waals surface area contributed by atoms with Crippen molar-refractivity contribution in [2.45, 2.75) is 31.2 Å². The number of nitrogens with one attached hydrogen (secondary N) is 2. The summed E-state index contributed by atoms with van der Waals surface area (Å²) in [5.74, 6) is -0.164. The van der Waals surface area contributed by atoms with E-state index in [0.717, 1.165) is 42.9 Å². The lowest BCUT2D eigenvalue weighted by molar-refractivity contribution is -0.915. The van der Waals surface area contributed by atoms with Crippen LogP contribution in [0, 0.1) is 0 Å².